The van der Waals surface area contributed by atoms with Crippen LogP contribution in [0.4, 0.5) is 4.39 Å². The monoisotopic (exact) mass is 267 g/mol. The molecule has 16 heavy (non-hydrogen) atoms. The van der Waals surface area contributed by atoms with Crippen LogP contribution in [0.15, 0.2) is 23.1 Å². The van der Waals surface area contributed by atoms with Crippen molar-refractivity contribution in [2.75, 3.05) is 6.54 Å². The summed E-state index contributed by atoms with van der Waals surface area (Å²) in [5.74, 6) is -0.925. The SMILES string of the molecule is C[C@H](O)CNS(=O)(=O)c1ccc(Cl)cc1F. The highest BCUT2D eigenvalue weighted by Crippen LogP contribution is 2.18. The van der Waals surface area contributed by atoms with Crippen molar-refractivity contribution >= 4 is 21.6 Å². The van der Waals surface area contributed by atoms with Gasteiger partial charge in [-0.2, -0.15) is 0 Å². The van der Waals surface area contributed by atoms with E-state index in [9.17, 15) is 12.8 Å². The van der Waals surface area contributed by atoms with Crippen LogP contribution in [0.25, 0.3) is 0 Å². The molecule has 0 fully saturated rings. The van der Waals surface area contributed by atoms with Gasteiger partial charge < -0.3 is 5.11 Å². The van der Waals surface area contributed by atoms with Crippen LogP contribution in [0, 0.1) is 5.82 Å². The lowest BCUT2D eigenvalue weighted by molar-refractivity contribution is 0.198. The smallest absolute Gasteiger partial charge is 0.243 e. The number of aliphatic hydroxyl groups is 1. The van der Waals surface area contributed by atoms with E-state index in [1.165, 1.54) is 13.0 Å². The first kappa shape index (κ1) is 13.4. The molecule has 0 radical (unpaired) electrons. The summed E-state index contributed by atoms with van der Waals surface area (Å²) in [7, 11) is -3.95. The minimum absolute atomic E-state index is 0.118. The van der Waals surface area contributed by atoms with Gasteiger partial charge in [0.15, 0.2) is 0 Å². The van der Waals surface area contributed by atoms with Gasteiger partial charge in [0.2, 0.25) is 10.0 Å². The molecular weight excluding hydrogens is 257 g/mol. The Bertz CT molecular complexity index is 476. The van der Waals surface area contributed by atoms with Crippen molar-refractivity contribution in [3.63, 3.8) is 0 Å². The summed E-state index contributed by atoms with van der Waals surface area (Å²) in [6.45, 7) is 1.24. The summed E-state index contributed by atoms with van der Waals surface area (Å²) in [4.78, 5) is -0.488. The normalized spacial score (nSPS) is 13.8. The Morgan fingerprint density at radius 1 is 1.56 bits per heavy atom. The highest BCUT2D eigenvalue weighted by Gasteiger charge is 2.19. The van der Waals surface area contributed by atoms with Crippen LogP contribution in [-0.2, 0) is 10.0 Å². The third-order valence-corrected chi connectivity index (χ3v) is 3.44. The largest absolute Gasteiger partial charge is 0.392 e. The second-order valence-corrected chi connectivity index (χ2v) is 5.45. The first-order valence-electron chi connectivity index (χ1n) is 4.45. The molecule has 7 heteroatoms. The lowest BCUT2D eigenvalue weighted by atomic mass is 10.3. The molecule has 0 spiro atoms. The molecule has 1 aromatic carbocycles. The predicted molar refractivity (Wildman–Crippen MR) is 58.3 cm³/mol. The van der Waals surface area contributed by atoms with E-state index in [1.807, 2.05) is 0 Å². The standard InChI is InChI=1S/C9H11ClFNO3S/c1-6(13)5-12-16(14,15)9-3-2-7(10)4-8(9)11/h2-4,6,12-13H,5H2,1H3/t6-/m0/s1. The van der Waals surface area contributed by atoms with Gasteiger partial charge in [-0.15, -0.1) is 0 Å². The number of nitrogens with one attached hydrogen (secondary N) is 1. The maximum Gasteiger partial charge on any atom is 0.243 e. The number of aliphatic hydroxyl groups excluding tert-OH is 1. The summed E-state index contributed by atoms with van der Waals surface area (Å²) >= 11 is 5.50. The molecule has 0 heterocycles. The van der Waals surface area contributed by atoms with Crippen molar-refractivity contribution in [2.24, 2.45) is 0 Å². The second-order valence-electron chi connectivity index (χ2n) is 3.28. The molecule has 0 saturated carbocycles. The molecule has 0 unspecified atom stereocenters. The van der Waals surface area contributed by atoms with Crippen molar-refractivity contribution in [3.8, 4) is 0 Å². The summed E-state index contributed by atoms with van der Waals surface area (Å²) in [5, 5.41) is 9.05. The molecule has 2 N–H and O–H groups in total. The van der Waals surface area contributed by atoms with Crippen molar-refractivity contribution in [1.29, 1.82) is 0 Å². The number of hydrogen-bond donors (Lipinski definition) is 2. The van der Waals surface area contributed by atoms with Gasteiger partial charge in [0, 0.05) is 11.6 Å². The minimum atomic E-state index is -3.95. The van der Waals surface area contributed by atoms with Gasteiger partial charge in [-0.3, -0.25) is 0 Å². The van der Waals surface area contributed by atoms with Gasteiger partial charge in [0.25, 0.3) is 0 Å². The van der Waals surface area contributed by atoms with Crippen molar-refractivity contribution in [1.82, 2.24) is 4.72 Å². The number of rotatable bonds is 4. The fraction of sp³-hybridized carbons (Fsp3) is 0.333. The molecule has 0 bridgehead atoms. The lowest BCUT2D eigenvalue weighted by Crippen LogP contribution is -2.31. The average molecular weight is 268 g/mol. The predicted octanol–water partition coefficient (Wildman–Crippen LogP) is 1.14. The van der Waals surface area contributed by atoms with Crippen LogP contribution >= 0.6 is 11.6 Å². The van der Waals surface area contributed by atoms with Gasteiger partial charge in [-0.05, 0) is 25.1 Å². The fourth-order valence-electron chi connectivity index (χ4n) is 1.00. The molecule has 0 aromatic heterocycles. The quantitative estimate of drug-likeness (QED) is 0.860. The Balaban J connectivity index is 2.99. The molecule has 1 atom stereocenters. The fourth-order valence-corrected chi connectivity index (χ4v) is 2.34. The number of hydrogen-bond acceptors (Lipinski definition) is 3. The van der Waals surface area contributed by atoms with Gasteiger partial charge in [-0.25, -0.2) is 17.5 Å². The molecule has 0 amide bonds. The third kappa shape index (κ3) is 3.41. The van der Waals surface area contributed by atoms with Crippen molar-refractivity contribution in [2.45, 2.75) is 17.9 Å². The second kappa shape index (κ2) is 5.09. The zero-order valence-corrected chi connectivity index (χ0v) is 10.0. The maximum absolute atomic E-state index is 13.3. The van der Waals surface area contributed by atoms with E-state index in [0.29, 0.717) is 0 Å². The van der Waals surface area contributed by atoms with E-state index >= 15 is 0 Å². The van der Waals surface area contributed by atoms with Crippen LogP contribution < -0.4 is 4.72 Å². The molecular formula is C9H11ClFNO3S. The topological polar surface area (TPSA) is 66.4 Å². The Morgan fingerprint density at radius 3 is 2.69 bits per heavy atom. The highest BCUT2D eigenvalue weighted by atomic mass is 35.5. The zero-order valence-electron chi connectivity index (χ0n) is 8.44. The molecule has 1 aromatic rings. The summed E-state index contributed by atoms with van der Waals surface area (Å²) in [6, 6.07) is 3.27. The van der Waals surface area contributed by atoms with E-state index in [-0.39, 0.29) is 11.6 Å². The zero-order chi connectivity index (χ0) is 12.3. The summed E-state index contributed by atoms with van der Waals surface area (Å²) < 4.78 is 38.5. The van der Waals surface area contributed by atoms with Crippen molar-refractivity contribution < 1.29 is 17.9 Å². The Morgan fingerprint density at radius 2 is 2.19 bits per heavy atom. The van der Waals surface area contributed by atoms with E-state index in [1.54, 1.807) is 0 Å². The van der Waals surface area contributed by atoms with Gasteiger partial charge in [0.1, 0.15) is 10.7 Å². The van der Waals surface area contributed by atoms with Crippen LogP contribution in [-0.4, -0.2) is 26.2 Å². The van der Waals surface area contributed by atoms with E-state index < -0.39 is 26.8 Å². The first-order chi connectivity index (χ1) is 7.33. The summed E-state index contributed by atoms with van der Waals surface area (Å²) in [6.07, 6.45) is -0.842. The summed E-state index contributed by atoms with van der Waals surface area (Å²) in [5.41, 5.74) is 0. The molecule has 0 aliphatic heterocycles. The highest BCUT2D eigenvalue weighted by molar-refractivity contribution is 7.89. The molecule has 0 aliphatic rings. The van der Waals surface area contributed by atoms with E-state index in [0.717, 1.165) is 12.1 Å². The minimum Gasteiger partial charge on any atom is -0.392 e. The molecule has 0 aliphatic carbocycles. The van der Waals surface area contributed by atoms with E-state index in [4.69, 9.17) is 16.7 Å². The lowest BCUT2D eigenvalue weighted by Gasteiger charge is -2.09. The average Bonchev–Trinajstić information content (AvgIpc) is 2.14. The maximum atomic E-state index is 13.3. The molecule has 1 rings (SSSR count). The van der Waals surface area contributed by atoms with Crippen LogP contribution in [0.1, 0.15) is 6.92 Å². The van der Waals surface area contributed by atoms with Crippen molar-refractivity contribution in [3.05, 3.63) is 29.0 Å². The molecule has 0 saturated heterocycles. The Kier molecular flexibility index (Phi) is 4.26. The first-order valence-corrected chi connectivity index (χ1v) is 6.32. The van der Waals surface area contributed by atoms with Gasteiger partial charge >= 0.3 is 0 Å². The molecule has 4 nitrogen and oxygen atoms in total. The third-order valence-electron chi connectivity index (χ3n) is 1.75. The van der Waals surface area contributed by atoms with Crippen LogP contribution in [0.3, 0.4) is 0 Å². The van der Waals surface area contributed by atoms with Crippen LogP contribution in [0.2, 0.25) is 5.02 Å². The molecule has 90 valence electrons. The number of sulfonamides is 1. The Labute approximate surface area is 98.1 Å². The Hall–Kier alpha value is -0.690. The van der Waals surface area contributed by atoms with Crippen LogP contribution in [0.5, 0.6) is 0 Å². The van der Waals surface area contributed by atoms with Gasteiger partial charge in [0.05, 0.1) is 6.10 Å². The van der Waals surface area contributed by atoms with E-state index in [2.05, 4.69) is 4.72 Å². The van der Waals surface area contributed by atoms with Gasteiger partial charge in [-0.1, -0.05) is 11.6 Å². The number of halogens is 2. The number of benzene rings is 1.